The van der Waals surface area contributed by atoms with Crippen molar-refractivity contribution in [1.82, 2.24) is 4.31 Å². The van der Waals surface area contributed by atoms with Crippen molar-refractivity contribution in [2.75, 3.05) is 26.3 Å². The molecule has 0 aromatic heterocycles. The summed E-state index contributed by atoms with van der Waals surface area (Å²) in [6, 6.07) is 12.4. The van der Waals surface area contributed by atoms with Crippen molar-refractivity contribution in [2.45, 2.75) is 11.5 Å². The van der Waals surface area contributed by atoms with Crippen LogP contribution in [0.2, 0.25) is 0 Å². The van der Waals surface area contributed by atoms with Crippen LogP contribution < -0.4 is 0 Å². The molecule has 1 aliphatic rings. The second-order valence-electron chi connectivity index (χ2n) is 5.76. The lowest BCUT2D eigenvalue weighted by Gasteiger charge is -2.26. The van der Waals surface area contributed by atoms with Gasteiger partial charge in [-0.1, -0.05) is 24.3 Å². The number of sulfonamides is 1. The Balaban J connectivity index is 1.71. The van der Waals surface area contributed by atoms with Gasteiger partial charge in [-0.15, -0.1) is 0 Å². The quantitative estimate of drug-likeness (QED) is 0.799. The van der Waals surface area contributed by atoms with Crippen molar-refractivity contribution in [3.05, 3.63) is 59.7 Å². The Kier molecular flexibility index (Phi) is 5.55. The highest BCUT2D eigenvalue weighted by atomic mass is 32.2. The van der Waals surface area contributed by atoms with Gasteiger partial charge in [0.2, 0.25) is 10.0 Å². The molecule has 26 heavy (non-hydrogen) atoms. The van der Waals surface area contributed by atoms with Crippen LogP contribution in [0.15, 0.2) is 53.4 Å². The topological polar surface area (TPSA) is 93.1 Å². The van der Waals surface area contributed by atoms with E-state index in [1.807, 2.05) is 0 Å². The summed E-state index contributed by atoms with van der Waals surface area (Å²) in [7, 11) is -3.61. The molecule has 0 aliphatic carbocycles. The smallest absolute Gasteiger partial charge is 0.342 e. The van der Waals surface area contributed by atoms with Crippen LogP contribution >= 0.6 is 0 Å². The van der Waals surface area contributed by atoms with E-state index in [1.165, 1.54) is 28.6 Å². The van der Waals surface area contributed by atoms with Gasteiger partial charge in [0.15, 0.2) is 0 Å². The van der Waals surface area contributed by atoms with Crippen molar-refractivity contribution in [1.29, 1.82) is 0 Å². The number of phenols is 1. The second kappa shape index (κ2) is 7.86. The molecule has 0 unspecified atom stereocenters. The van der Waals surface area contributed by atoms with Gasteiger partial charge in [0.25, 0.3) is 0 Å². The number of hydrogen-bond donors (Lipinski definition) is 1. The lowest BCUT2D eigenvalue weighted by atomic mass is 10.2. The van der Waals surface area contributed by atoms with Gasteiger partial charge in [-0.2, -0.15) is 4.31 Å². The molecular formula is C18H19NO6S. The number of hydrogen-bond acceptors (Lipinski definition) is 6. The summed E-state index contributed by atoms with van der Waals surface area (Å²) in [6.07, 6.45) is 0. The molecule has 2 aromatic carbocycles. The molecule has 0 radical (unpaired) electrons. The van der Waals surface area contributed by atoms with Crippen LogP contribution in [0.5, 0.6) is 5.75 Å². The van der Waals surface area contributed by atoms with E-state index in [2.05, 4.69) is 0 Å². The van der Waals surface area contributed by atoms with Crippen LogP contribution in [-0.4, -0.2) is 50.1 Å². The van der Waals surface area contributed by atoms with Crippen LogP contribution in [0.1, 0.15) is 15.9 Å². The molecule has 1 N–H and O–H groups in total. The van der Waals surface area contributed by atoms with E-state index in [1.54, 1.807) is 24.3 Å². The molecule has 0 bridgehead atoms. The molecule has 7 nitrogen and oxygen atoms in total. The summed E-state index contributed by atoms with van der Waals surface area (Å²) >= 11 is 0. The number of carbonyl (C=O) groups is 1. The van der Waals surface area contributed by atoms with E-state index in [0.29, 0.717) is 31.9 Å². The monoisotopic (exact) mass is 377 g/mol. The highest BCUT2D eigenvalue weighted by Crippen LogP contribution is 2.20. The van der Waals surface area contributed by atoms with Crippen molar-refractivity contribution in [3.8, 4) is 5.75 Å². The summed E-state index contributed by atoms with van der Waals surface area (Å²) in [5.41, 5.74) is 0.604. The number of aromatic hydroxyl groups is 1. The Morgan fingerprint density at radius 2 is 1.85 bits per heavy atom. The van der Waals surface area contributed by atoms with Crippen molar-refractivity contribution in [3.63, 3.8) is 0 Å². The highest BCUT2D eigenvalue weighted by Gasteiger charge is 2.26. The van der Waals surface area contributed by atoms with Gasteiger partial charge >= 0.3 is 5.97 Å². The summed E-state index contributed by atoms with van der Waals surface area (Å²) in [5.74, 6) is -0.842. The molecule has 0 atom stereocenters. The second-order valence-corrected chi connectivity index (χ2v) is 7.70. The minimum absolute atomic E-state index is 0.0598. The summed E-state index contributed by atoms with van der Waals surface area (Å²) in [4.78, 5) is 12.2. The number of para-hydroxylation sites is 1. The lowest BCUT2D eigenvalue weighted by Crippen LogP contribution is -2.40. The van der Waals surface area contributed by atoms with Gasteiger partial charge in [0.1, 0.15) is 17.9 Å². The van der Waals surface area contributed by atoms with E-state index in [9.17, 15) is 18.3 Å². The van der Waals surface area contributed by atoms with Gasteiger partial charge in [-0.3, -0.25) is 0 Å². The van der Waals surface area contributed by atoms with Crippen molar-refractivity contribution >= 4 is 16.0 Å². The Labute approximate surface area is 151 Å². The summed E-state index contributed by atoms with van der Waals surface area (Å²) in [6.45, 7) is 1.28. The minimum atomic E-state index is -3.61. The predicted molar refractivity (Wildman–Crippen MR) is 93.2 cm³/mol. The molecule has 1 fully saturated rings. The summed E-state index contributed by atoms with van der Waals surface area (Å²) < 4.78 is 37.1. The Morgan fingerprint density at radius 1 is 1.12 bits per heavy atom. The largest absolute Gasteiger partial charge is 0.507 e. The SMILES string of the molecule is O=C(OCc1cccc(S(=O)(=O)N2CCOCC2)c1)c1ccccc1O. The predicted octanol–water partition coefficient (Wildman–Crippen LogP) is 1.77. The first-order valence-corrected chi connectivity index (χ1v) is 9.54. The molecule has 1 saturated heterocycles. The molecule has 0 spiro atoms. The van der Waals surface area contributed by atoms with Gasteiger partial charge in [-0.25, -0.2) is 13.2 Å². The van der Waals surface area contributed by atoms with Crippen LogP contribution in [0.25, 0.3) is 0 Å². The van der Waals surface area contributed by atoms with Gasteiger partial charge in [-0.05, 0) is 29.8 Å². The summed E-state index contributed by atoms with van der Waals surface area (Å²) in [5, 5.41) is 9.68. The van der Waals surface area contributed by atoms with Gasteiger partial charge in [0, 0.05) is 13.1 Å². The number of carbonyl (C=O) groups excluding carboxylic acids is 1. The van der Waals surface area contributed by atoms with E-state index < -0.39 is 16.0 Å². The first-order valence-electron chi connectivity index (χ1n) is 8.10. The molecule has 1 heterocycles. The number of morpholine rings is 1. The van der Waals surface area contributed by atoms with Crippen LogP contribution in [0.4, 0.5) is 0 Å². The maximum absolute atomic E-state index is 12.7. The zero-order chi connectivity index (χ0) is 18.6. The van der Waals surface area contributed by atoms with Crippen molar-refractivity contribution in [2.24, 2.45) is 0 Å². The zero-order valence-corrected chi connectivity index (χ0v) is 14.8. The van der Waals surface area contributed by atoms with Gasteiger partial charge < -0.3 is 14.6 Å². The molecule has 138 valence electrons. The zero-order valence-electron chi connectivity index (χ0n) is 14.0. The van der Waals surface area contributed by atoms with E-state index in [-0.39, 0.29) is 22.8 Å². The van der Waals surface area contributed by atoms with Crippen LogP contribution in [-0.2, 0) is 26.1 Å². The average Bonchev–Trinajstić information content (AvgIpc) is 2.67. The molecule has 0 amide bonds. The van der Waals surface area contributed by atoms with Crippen molar-refractivity contribution < 1.29 is 27.8 Å². The number of nitrogens with zero attached hydrogens (tertiary/aromatic N) is 1. The lowest BCUT2D eigenvalue weighted by molar-refractivity contribution is 0.0469. The average molecular weight is 377 g/mol. The highest BCUT2D eigenvalue weighted by molar-refractivity contribution is 7.89. The third-order valence-corrected chi connectivity index (χ3v) is 5.89. The first kappa shape index (κ1) is 18.4. The normalized spacial score (nSPS) is 15.5. The molecule has 1 aliphatic heterocycles. The fraction of sp³-hybridized carbons (Fsp3) is 0.278. The first-order chi connectivity index (χ1) is 12.5. The van der Waals surface area contributed by atoms with E-state index in [4.69, 9.17) is 9.47 Å². The Bertz CT molecular complexity index is 890. The third kappa shape index (κ3) is 4.04. The number of rotatable bonds is 5. The fourth-order valence-corrected chi connectivity index (χ4v) is 4.08. The van der Waals surface area contributed by atoms with Gasteiger partial charge in [0.05, 0.1) is 18.1 Å². The maximum atomic E-state index is 12.7. The molecule has 2 aromatic rings. The fourth-order valence-electron chi connectivity index (χ4n) is 2.60. The number of esters is 1. The molecular weight excluding hydrogens is 358 g/mol. The minimum Gasteiger partial charge on any atom is -0.507 e. The number of phenolic OH excluding ortho intramolecular Hbond substituents is 1. The van der Waals surface area contributed by atoms with Crippen LogP contribution in [0, 0.1) is 0 Å². The molecule has 8 heteroatoms. The Morgan fingerprint density at radius 3 is 2.58 bits per heavy atom. The molecule has 0 saturated carbocycles. The van der Waals surface area contributed by atoms with E-state index in [0.717, 1.165) is 0 Å². The maximum Gasteiger partial charge on any atom is 0.342 e. The number of benzene rings is 2. The van der Waals surface area contributed by atoms with E-state index >= 15 is 0 Å². The third-order valence-electron chi connectivity index (χ3n) is 4.00. The van der Waals surface area contributed by atoms with Crippen LogP contribution in [0.3, 0.4) is 0 Å². The number of ether oxygens (including phenoxy) is 2. The standard InChI is InChI=1S/C18H19NO6S/c20-17-7-2-1-6-16(17)18(21)25-13-14-4-3-5-15(12-14)26(22,23)19-8-10-24-11-9-19/h1-7,12,20H,8-11,13H2. The molecule has 3 rings (SSSR count). The Hall–Kier alpha value is -2.42.